The average molecular weight is 478 g/mol. The summed E-state index contributed by atoms with van der Waals surface area (Å²) in [5.41, 5.74) is 0.738. The second-order valence-corrected chi connectivity index (χ2v) is 6.97. The topological polar surface area (TPSA) is 167 Å². The highest BCUT2D eigenvalue weighted by atomic mass is 35.5. The maximum Gasteiger partial charge on any atom is 0.408 e. The Morgan fingerprint density at radius 3 is 2.61 bits per heavy atom. The Hall–Kier alpha value is -4.00. The predicted molar refractivity (Wildman–Crippen MR) is 114 cm³/mol. The monoisotopic (exact) mass is 477 g/mol. The number of nitrogens with one attached hydrogen (secondary N) is 2. The van der Waals surface area contributed by atoms with E-state index in [9.17, 15) is 19.7 Å². The Balaban J connectivity index is 1.51. The molecule has 0 atom stereocenters. The molecule has 2 aromatic heterocycles. The first-order valence-electron chi connectivity index (χ1n) is 9.79. The second kappa shape index (κ2) is 10.5. The Morgan fingerprint density at radius 1 is 1.24 bits per heavy atom. The van der Waals surface area contributed by atoms with Crippen molar-refractivity contribution in [2.75, 3.05) is 19.7 Å². The number of rotatable bonds is 10. The van der Waals surface area contributed by atoms with E-state index in [1.54, 1.807) is 31.2 Å². The van der Waals surface area contributed by atoms with E-state index in [-0.39, 0.29) is 42.3 Å². The van der Waals surface area contributed by atoms with Crippen LogP contribution in [0, 0.1) is 17.0 Å². The summed E-state index contributed by atoms with van der Waals surface area (Å²) in [6, 6.07) is 6.83. The number of halogens is 1. The number of ether oxygens (including phenoxy) is 1. The Morgan fingerprint density at radius 2 is 1.94 bits per heavy atom. The average Bonchev–Trinajstić information content (AvgIpc) is 3.37. The number of para-hydroxylation sites is 1. The highest BCUT2D eigenvalue weighted by molar-refractivity contribution is 6.33. The molecule has 33 heavy (non-hydrogen) atoms. The van der Waals surface area contributed by atoms with Gasteiger partial charge in [0.2, 0.25) is 0 Å². The van der Waals surface area contributed by atoms with Crippen molar-refractivity contribution in [1.82, 2.24) is 30.6 Å². The summed E-state index contributed by atoms with van der Waals surface area (Å²) >= 11 is 5.90. The molecule has 0 radical (unpaired) electrons. The van der Waals surface area contributed by atoms with Crippen LogP contribution in [-0.2, 0) is 6.54 Å². The van der Waals surface area contributed by atoms with Crippen LogP contribution in [0.25, 0.3) is 0 Å². The number of amides is 2. The van der Waals surface area contributed by atoms with Crippen LogP contribution in [0.2, 0.25) is 5.02 Å². The molecule has 0 aliphatic heterocycles. The normalized spacial score (nSPS) is 10.6. The fraction of sp³-hybridized carbons (Fsp3) is 0.316. The van der Waals surface area contributed by atoms with Gasteiger partial charge in [-0.1, -0.05) is 28.9 Å². The lowest BCUT2D eigenvalue weighted by molar-refractivity contribution is -0.389. The van der Waals surface area contributed by atoms with Gasteiger partial charge in [-0.2, -0.15) is 9.67 Å². The van der Waals surface area contributed by atoms with Gasteiger partial charge in [0.25, 0.3) is 5.91 Å². The van der Waals surface area contributed by atoms with Crippen molar-refractivity contribution in [2.45, 2.75) is 20.4 Å². The first-order chi connectivity index (χ1) is 15.8. The molecule has 2 heterocycles. The summed E-state index contributed by atoms with van der Waals surface area (Å²) in [6.07, 6.45) is 0. The molecule has 0 fully saturated rings. The third kappa shape index (κ3) is 5.63. The van der Waals surface area contributed by atoms with Crippen LogP contribution >= 0.6 is 11.6 Å². The van der Waals surface area contributed by atoms with Crippen LogP contribution in [0.15, 0.2) is 28.8 Å². The highest BCUT2D eigenvalue weighted by Crippen LogP contribution is 2.26. The van der Waals surface area contributed by atoms with Gasteiger partial charge in [-0.15, -0.1) is 0 Å². The minimum atomic E-state index is -0.699. The third-order valence-corrected chi connectivity index (χ3v) is 4.81. The smallest absolute Gasteiger partial charge is 0.408 e. The van der Waals surface area contributed by atoms with Crippen molar-refractivity contribution in [3.05, 3.63) is 62.4 Å². The summed E-state index contributed by atoms with van der Waals surface area (Å²) in [5, 5.41) is 23.5. The van der Waals surface area contributed by atoms with E-state index < -0.39 is 16.6 Å². The van der Waals surface area contributed by atoms with Crippen molar-refractivity contribution in [1.29, 1.82) is 0 Å². The maximum atomic E-state index is 12.3. The number of benzene rings is 1. The van der Waals surface area contributed by atoms with Gasteiger partial charge in [-0.3, -0.25) is 9.59 Å². The lowest BCUT2D eigenvalue weighted by Crippen LogP contribution is -2.35. The maximum absolute atomic E-state index is 12.3. The SMILES string of the molecule is CCOc1ccccc1C(=O)NCCNC(=O)c1nc(Cn2nc([N+](=O)[O-])c(Cl)c2C)no1. The summed E-state index contributed by atoms with van der Waals surface area (Å²) in [4.78, 5) is 38.7. The molecule has 14 heteroatoms. The molecule has 0 aliphatic rings. The van der Waals surface area contributed by atoms with Crippen LogP contribution in [0.4, 0.5) is 5.82 Å². The molecule has 1 aromatic carbocycles. The number of nitrogens with zero attached hydrogens (tertiary/aromatic N) is 5. The van der Waals surface area contributed by atoms with Gasteiger partial charge < -0.3 is 30.0 Å². The Labute approximate surface area is 192 Å². The van der Waals surface area contributed by atoms with E-state index >= 15 is 0 Å². The van der Waals surface area contributed by atoms with Gasteiger partial charge in [0.05, 0.1) is 23.0 Å². The molecule has 3 rings (SSSR count). The molecule has 0 bridgehead atoms. The Kier molecular flexibility index (Phi) is 7.56. The fourth-order valence-corrected chi connectivity index (χ4v) is 2.99. The zero-order chi connectivity index (χ0) is 24.0. The van der Waals surface area contributed by atoms with Gasteiger partial charge in [0, 0.05) is 13.1 Å². The predicted octanol–water partition coefficient (Wildman–Crippen LogP) is 1.74. The number of nitro groups is 1. The molecule has 0 saturated heterocycles. The summed E-state index contributed by atoms with van der Waals surface area (Å²) in [7, 11) is 0. The standard InChI is InChI=1S/C19H20ClN7O6/c1-3-32-13-7-5-4-6-12(13)17(28)21-8-9-22-18(29)19-23-14(25-33-19)10-26-11(2)15(20)16(24-26)27(30)31/h4-7H,3,8-10H2,1-2H3,(H,21,28)(H,22,29). The van der Waals surface area contributed by atoms with Crippen LogP contribution < -0.4 is 15.4 Å². The number of carbonyl (C=O) groups excluding carboxylic acids is 2. The van der Waals surface area contributed by atoms with E-state index in [2.05, 4.69) is 25.9 Å². The van der Waals surface area contributed by atoms with Crippen molar-refractivity contribution in [3.8, 4) is 5.75 Å². The minimum absolute atomic E-state index is 0.0779. The van der Waals surface area contributed by atoms with Gasteiger partial charge in [0.1, 0.15) is 12.3 Å². The van der Waals surface area contributed by atoms with Gasteiger partial charge >= 0.3 is 17.6 Å². The van der Waals surface area contributed by atoms with Crippen LogP contribution in [0.1, 0.15) is 39.5 Å². The minimum Gasteiger partial charge on any atom is -0.493 e. The lowest BCUT2D eigenvalue weighted by Gasteiger charge is -2.10. The summed E-state index contributed by atoms with van der Waals surface area (Å²) < 4.78 is 11.6. The quantitative estimate of drug-likeness (QED) is 0.251. The molecule has 3 aromatic rings. The first kappa shape index (κ1) is 23.7. The number of hydrogen-bond donors (Lipinski definition) is 2. The Bertz CT molecular complexity index is 1180. The van der Waals surface area contributed by atoms with Gasteiger partial charge in [0.15, 0.2) is 10.8 Å². The summed E-state index contributed by atoms with van der Waals surface area (Å²) in [6.45, 7) is 3.99. The van der Waals surface area contributed by atoms with E-state index in [0.717, 1.165) is 0 Å². The largest absolute Gasteiger partial charge is 0.493 e. The molecule has 0 unspecified atom stereocenters. The molecular weight excluding hydrogens is 458 g/mol. The molecule has 2 N–H and O–H groups in total. The molecule has 174 valence electrons. The zero-order valence-electron chi connectivity index (χ0n) is 17.7. The van der Waals surface area contributed by atoms with Crippen molar-refractivity contribution < 1.29 is 23.8 Å². The third-order valence-electron chi connectivity index (χ3n) is 4.37. The zero-order valence-corrected chi connectivity index (χ0v) is 18.5. The van der Waals surface area contributed by atoms with Crippen molar-refractivity contribution in [2.24, 2.45) is 0 Å². The van der Waals surface area contributed by atoms with Crippen molar-refractivity contribution in [3.63, 3.8) is 0 Å². The lowest BCUT2D eigenvalue weighted by atomic mass is 10.2. The molecule has 2 amide bonds. The van der Waals surface area contributed by atoms with E-state index in [4.69, 9.17) is 20.9 Å². The van der Waals surface area contributed by atoms with Crippen molar-refractivity contribution >= 4 is 29.2 Å². The van der Waals surface area contributed by atoms with Gasteiger partial charge in [-0.05, 0) is 30.9 Å². The molecule has 0 saturated carbocycles. The number of aromatic nitrogens is 4. The molecule has 13 nitrogen and oxygen atoms in total. The molecule has 0 spiro atoms. The van der Waals surface area contributed by atoms with E-state index in [0.29, 0.717) is 23.6 Å². The van der Waals surface area contributed by atoms with Gasteiger partial charge in [-0.25, -0.2) is 0 Å². The fourth-order valence-electron chi connectivity index (χ4n) is 2.78. The number of carbonyl (C=O) groups is 2. The summed E-state index contributed by atoms with van der Waals surface area (Å²) in [5.74, 6) is -1.21. The second-order valence-electron chi connectivity index (χ2n) is 6.59. The van der Waals surface area contributed by atoms with E-state index in [1.165, 1.54) is 4.68 Å². The van der Waals surface area contributed by atoms with Crippen LogP contribution in [-0.4, -0.2) is 56.4 Å². The first-order valence-corrected chi connectivity index (χ1v) is 10.2. The van der Waals surface area contributed by atoms with Crippen LogP contribution in [0.5, 0.6) is 5.75 Å². The molecule has 0 aliphatic carbocycles. The number of hydrogen-bond acceptors (Lipinski definition) is 9. The highest BCUT2D eigenvalue weighted by Gasteiger charge is 2.25. The van der Waals surface area contributed by atoms with E-state index in [1.807, 2.05) is 6.92 Å². The van der Waals surface area contributed by atoms with Crippen LogP contribution in [0.3, 0.4) is 0 Å². The molecular formula is C19H20ClN7O6.